The average Bonchev–Trinajstić information content (AvgIpc) is 3.02. The highest BCUT2D eigenvalue weighted by Gasteiger charge is 2.10. The first-order valence-corrected chi connectivity index (χ1v) is 9.50. The Morgan fingerprint density at radius 2 is 2.08 bits per heavy atom. The lowest BCUT2D eigenvalue weighted by atomic mass is 10.2. The molecule has 0 saturated heterocycles. The van der Waals surface area contributed by atoms with E-state index in [0.29, 0.717) is 18.0 Å². The van der Waals surface area contributed by atoms with Crippen molar-refractivity contribution in [1.29, 1.82) is 0 Å². The summed E-state index contributed by atoms with van der Waals surface area (Å²) in [5.41, 5.74) is 2.16. The lowest BCUT2D eigenvalue weighted by molar-refractivity contribution is 0.352. The number of aryl methyl sites for hydroxylation is 1. The van der Waals surface area contributed by atoms with Gasteiger partial charge in [-0.1, -0.05) is 0 Å². The fourth-order valence-corrected chi connectivity index (χ4v) is 3.61. The minimum Gasteiger partial charge on any atom is -0.493 e. The van der Waals surface area contributed by atoms with Crippen LogP contribution in [0.5, 0.6) is 11.5 Å². The van der Waals surface area contributed by atoms with E-state index in [1.807, 2.05) is 19.1 Å². The van der Waals surface area contributed by atoms with Gasteiger partial charge in [-0.3, -0.25) is 4.99 Å². The fourth-order valence-electron chi connectivity index (χ4n) is 2.31. The molecule has 0 spiro atoms. The summed E-state index contributed by atoms with van der Waals surface area (Å²) in [7, 11) is 5.01. The zero-order valence-corrected chi connectivity index (χ0v) is 17.3. The van der Waals surface area contributed by atoms with E-state index in [4.69, 9.17) is 9.47 Å². The van der Waals surface area contributed by atoms with Crippen LogP contribution >= 0.6 is 27.3 Å². The SMILES string of the molecule is CN=C(NCCc1csc(C)n1)NCc1cc(Br)c(OC)c(OC)c1. The largest absolute Gasteiger partial charge is 0.493 e. The van der Waals surface area contributed by atoms with Crippen LogP contribution in [0, 0.1) is 6.92 Å². The first-order valence-electron chi connectivity index (χ1n) is 7.83. The highest BCUT2D eigenvalue weighted by molar-refractivity contribution is 9.10. The molecule has 0 atom stereocenters. The molecule has 0 amide bonds. The highest BCUT2D eigenvalue weighted by atomic mass is 79.9. The van der Waals surface area contributed by atoms with Crippen molar-refractivity contribution < 1.29 is 9.47 Å². The molecule has 0 bridgehead atoms. The Morgan fingerprint density at radius 1 is 1.28 bits per heavy atom. The van der Waals surface area contributed by atoms with Gasteiger partial charge < -0.3 is 20.1 Å². The van der Waals surface area contributed by atoms with E-state index in [9.17, 15) is 0 Å². The minimum absolute atomic E-state index is 0.619. The number of ether oxygens (including phenoxy) is 2. The van der Waals surface area contributed by atoms with Crippen LogP contribution in [0.1, 0.15) is 16.3 Å². The van der Waals surface area contributed by atoms with Crippen molar-refractivity contribution in [2.45, 2.75) is 19.9 Å². The molecule has 2 aromatic rings. The number of thiazole rings is 1. The zero-order chi connectivity index (χ0) is 18.2. The maximum Gasteiger partial charge on any atom is 0.191 e. The maximum absolute atomic E-state index is 5.37. The molecule has 136 valence electrons. The molecule has 1 heterocycles. The number of hydrogen-bond acceptors (Lipinski definition) is 5. The summed E-state index contributed by atoms with van der Waals surface area (Å²) in [5, 5.41) is 9.78. The third-order valence-electron chi connectivity index (χ3n) is 3.52. The molecule has 1 aromatic carbocycles. The van der Waals surface area contributed by atoms with Gasteiger partial charge in [0.25, 0.3) is 0 Å². The molecule has 0 fully saturated rings. The molecule has 8 heteroatoms. The van der Waals surface area contributed by atoms with Crippen molar-refractivity contribution in [3.63, 3.8) is 0 Å². The van der Waals surface area contributed by atoms with Crippen molar-refractivity contribution in [2.75, 3.05) is 27.8 Å². The number of benzene rings is 1. The Hall–Kier alpha value is -1.80. The maximum atomic E-state index is 5.37. The van der Waals surface area contributed by atoms with Crippen LogP contribution in [0.25, 0.3) is 0 Å². The van der Waals surface area contributed by atoms with E-state index in [1.165, 1.54) is 0 Å². The van der Waals surface area contributed by atoms with E-state index in [1.54, 1.807) is 32.6 Å². The van der Waals surface area contributed by atoms with Crippen LogP contribution in [0.15, 0.2) is 27.0 Å². The van der Waals surface area contributed by atoms with Crippen molar-refractivity contribution in [3.8, 4) is 11.5 Å². The number of aliphatic imine (C=N–C) groups is 1. The van der Waals surface area contributed by atoms with Gasteiger partial charge >= 0.3 is 0 Å². The number of guanidine groups is 1. The Bertz CT molecular complexity index is 733. The Balaban J connectivity index is 1.89. The van der Waals surface area contributed by atoms with Crippen LogP contribution in [0.3, 0.4) is 0 Å². The topological polar surface area (TPSA) is 67.8 Å². The Morgan fingerprint density at radius 3 is 2.68 bits per heavy atom. The number of nitrogens with zero attached hydrogens (tertiary/aromatic N) is 2. The van der Waals surface area contributed by atoms with E-state index in [0.717, 1.165) is 39.7 Å². The molecule has 25 heavy (non-hydrogen) atoms. The van der Waals surface area contributed by atoms with Gasteiger partial charge in [-0.15, -0.1) is 11.3 Å². The Labute approximate surface area is 160 Å². The third kappa shape index (κ3) is 5.61. The van der Waals surface area contributed by atoms with Gasteiger partial charge in [-0.25, -0.2) is 4.98 Å². The minimum atomic E-state index is 0.619. The number of nitrogens with one attached hydrogen (secondary N) is 2. The predicted octanol–water partition coefficient (Wildman–Crippen LogP) is 3.14. The summed E-state index contributed by atoms with van der Waals surface area (Å²) in [5.74, 6) is 2.13. The third-order valence-corrected chi connectivity index (χ3v) is 4.93. The fraction of sp³-hybridized carbons (Fsp3) is 0.412. The summed E-state index contributed by atoms with van der Waals surface area (Å²) in [6.45, 7) is 3.41. The van der Waals surface area contributed by atoms with Crippen LogP contribution < -0.4 is 20.1 Å². The molecule has 0 saturated carbocycles. The summed E-state index contributed by atoms with van der Waals surface area (Å²) >= 11 is 5.18. The van der Waals surface area contributed by atoms with Crippen molar-refractivity contribution in [3.05, 3.63) is 38.3 Å². The van der Waals surface area contributed by atoms with Gasteiger partial charge in [0.15, 0.2) is 17.5 Å². The van der Waals surface area contributed by atoms with Crippen LogP contribution in [0.2, 0.25) is 0 Å². The summed E-state index contributed by atoms with van der Waals surface area (Å²) in [4.78, 5) is 8.71. The lowest BCUT2D eigenvalue weighted by Crippen LogP contribution is -2.37. The van der Waals surface area contributed by atoms with Gasteiger partial charge in [0.1, 0.15) is 0 Å². The zero-order valence-electron chi connectivity index (χ0n) is 14.9. The van der Waals surface area contributed by atoms with Crippen LogP contribution in [0.4, 0.5) is 0 Å². The molecule has 2 rings (SSSR count). The average molecular weight is 427 g/mol. The summed E-state index contributed by atoms with van der Waals surface area (Å²) < 4.78 is 11.6. The molecule has 0 aliphatic rings. The molecule has 2 N–H and O–H groups in total. The quantitative estimate of drug-likeness (QED) is 0.525. The number of hydrogen-bond donors (Lipinski definition) is 2. The van der Waals surface area contributed by atoms with Crippen LogP contribution in [-0.4, -0.2) is 38.8 Å². The molecule has 0 aliphatic carbocycles. The first-order chi connectivity index (χ1) is 12.1. The van der Waals surface area contributed by atoms with E-state index < -0.39 is 0 Å². The molecule has 1 aromatic heterocycles. The van der Waals surface area contributed by atoms with Gasteiger partial charge in [0.2, 0.25) is 0 Å². The molecule has 0 radical (unpaired) electrons. The second-order valence-corrected chi connectivity index (χ2v) is 7.19. The summed E-state index contributed by atoms with van der Waals surface area (Å²) in [6.07, 6.45) is 0.868. The second-order valence-electron chi connectivity index (χ2n) is 5.27. The number of rotatable bonds is 7. The molecular weight excluding hydrogens is 404 g/mol. The summed E-state index contributed by atoms with van der Waals surface area (Å²) in [6, 6.07) is 3.95. The van der Waals surface area contributed by atoms with Gasteiger partial charge in [-0.2, -0.15) is 0 Å². The second kappa shape index (κ2) is 9.62. The molecule has 6 nitrogen and oxygen atoms in total. The molecular formula is C17H23BrN4O2S. The standard InChI is InChI=1S/C17H23BrN4O2S/c1-11-22-13(10-25-11)5-6-20-17(19-2)21-9-12-7-14(18)16(24-4)15(8-12)23-3/h7-8,10H,5-6,9H2,1-4H3,(H2,19,20,21). The predicted molar refractivity (Wildman–Crippen MR) is 106 cm³/mol. The first kappa shape index (κ1) is 19.5. The number of methoxy groups -OCH3 is 2. The molecule has 0 unspecified atom stereocenters. The van der Waals surface area contributed by atoms with Crippen molar-refractivity contribution in [2.24, 2.45) is 4.99 Å². The van der Waals surface area contributed by atoms with Gasteiger partial charge in [-0.05, 0) is 40.5 Å². The van der Waals surface area contributed by atoms with Crippen molar-refractivity contribution in [1.82, 2.24) is 15.6 Å². The number of aromatic nitrogens is 1. The van der Waals surface area contributed by atoms with E-state index >= 15 is 0 Å². The van der Waals surface area contributed by atoms with E-state index in [-0.39, 0.29) is 0 Å². The van der Waals surface area contributed by atoms with Crippen molar-refractivity contribution >= 4 is 33.2 Å². The lowest BCUT2D eigenvalue weighted by Gasteiger charge is -2.14. The highest BCUT2D eigenvalue weighted by Crippen LogP contribution is 2.36. The Kier molecular flexibility index (Phi) is 7.52. The smallest absolute Gasteiger partial charge is 0.191 e. The van der Waals surface area contributed by atoms with Gasteiger partial charge in [0, 0.05) is 31.9 Å². The van der Waals surface area contributed by atoms with E-state index in [2.05, 4.69) is 41.9 Å². The van der Waals surface area contributed by atoms with Gasteiger partial charge in [0.05, 0.1) is 29.4 Å². The monoisotopic (exact) mass is 426 g/mol. The molecule has 0 aliphatic heterocycles. The number of halogens is 1. The normalized spacial score (nSPS) is 11.3. The van der Waals surface area contributed by atoms with Crippen LogP contribution in [-0.2, 0) is 13.0 Å².